The summed E-state index contributed by atoms with van der Waals surface area (Å²) in [5.74, 6) is 0.726. The molecule has 2 aromatic heterocycles. The van der Waals surface area contributed by atoms with Crippen LogP contribution in [0.15, 0.2) is 53.2 Å². The van der Waals surface area contributed by atoms with Crippen molar-refractivity contribution in [2.45, 2.75) is 26.8 Å². The molecule has 0 aliphatic heterocycles. The first-order valence-electron chi connectivity index (χ1n) is 8.80. The van der Waals surface area contributed by atoms with Gasteiger partial charge in [0.1, 0.15) is 0 Å². The number of hydrogen-bond donors (Lipinski definition) is 1. The molecule has 7 nitrogen and oxygen atoms in total. The van der Waals surface area contributed by atoms with Gasteiger partial charge in [-0.3, -0.25) is 4.79 Å². The Hall–Kier alpha value is -3.48. The number of benzene rings is 2. The lowest BCUT2D eigenvalue weighted by molar-refractivity contribution is -0.115. The maximum absolute atomic E-state index is 11.8. The van der Waals surface area contributed by atoms with E-state index in [0.717, 1.165) is 11.0 Å². The Balaban J connectivity index is 1.86. The smallest absolute Gasteiger partial charge is 0.225 e. The maximum atomic E-state index is 11.8. The van der Waals surface area contributed by atoms with E-state index in [4.69, 9.17) is 9.61 Å². The lowest BCUT2D eigenvalue weighted by Crippen LogP contribution is -2.11. The highest BCUT2D eigenvalue weighted by Crippen LogP contribution is 2.29. The molecule has 4 aromatic rings. The number of carbonyl (C=O) groups is 1. The fraction of sp³-hybridized carbons (Fsp3) is 0.200. The van der Waals surface area contributed by atoms with Gasteiger partial charge in [0.05, 0.1) is 11.0 Å². The quantitative estimate of drug-likeness (QED) is 0.584. The van der Waals surface area contributed by atoms with Crippen molar-refractivity contribution in [3.05, 3.63) is 59.7 Å². The number of amides is 1. The largest absolute Gasteiger partial charge is 0.318 e. The molecule has 27 heavy (non-hydrogen) atoms. The number of nitrogens with one attached hydrogen (secondary N) is 1. The molecule has 0 fully saturated rings. The zero-order valence-electron chi connectivity index (χ0n) is 15.1. The van der Waals surface area contributed by atoms with E-state index in [0.29, 0.717) is 24.5 Å². The van der Waals surface area contributed by atoms with Crippen molar-refractivity contribution in [2.75, 3.05) is 5.32 Å². The van der Waals surface area contributed by atoms with Gasteiger partial charge in [-0.25, -0.2) is 9.61 Å². The summed E-state index contributed by atoms with van der Waals surface area (Å²) in [6.45, 7) is 4.48. The first-order chi connectivity index (χ1) is 13.2. The topological polar surface area (TPSA) is 85.8 Å². The average molecular weight is 361 g/mol. The van der Waals surface area contributed by atoms with Crippen molar-refractivity contribution >= 4 is 22.8 Å². The minimum atomic E-state index is -0.159. The summed E-state index contributed by atoms with van der Waals surface area (Å²) in [6.07, 6.45) is 0.339. The Morgan fingerprint density at radius 1 is 1.11 bits per heavy atom. The number of fused-ring (bicyclic) bond motifs is 1. The normalized spacial score (nSPS) is 11.0. The third-order valence-electron chi connectivity index (χ3n) is 4.52. The summed E-state index contributed by atoms with van der Waals surface area (Å²) in [5.41, 5.74) is 4.61. The standard InChI is InChI=1S/C20H19N5O2/c1-3-17(26)22-19-18(23-27-24-19)20-21-15-10-6-7-11-16(15)25(20)12-14-9-5-4-8-13(14)2/h4-11H,3,12H2,1-2H3,(H,22,24,26). The molecule has 0 unspecified atom stereocenters. The van der Waals surface area contributed by atoms with E-state index < -0.39 is 0 Å². The summed E-state index contributed by atoms with van der Waals surface area (Å²) in [4.78, 5) is 16.5. The molecule has 136 valence electrons. The summed E-state index contributed by atoms with van der Waals surface area (Å²) in [5, 5.41) is 10.6. The Morgan fingerprint density at radius 2 is 1.89 bits per heavy atom. The highest BCUT2D eigenvalue weighted by Gasteiger charge is 2.22. The van der Waals surface area contributed by atoms with E-state index in [-0.39, 0.29) is 11.7 Å². The molecular weight excluding hydrogens is 342 g/mol. The van der Waals surface area contributed by atoms with Crippen molar-refractivity contribution in [1.82, 2.24) is 19.9 Å². The van der Waals surface area contributed by atoms with Crippen LogP contribution >= 0.6 is 0 Å². The minimum Gasteiger partial charge on any atom is -0.318 e. The van der Waals surface area contributed by atoms with Crippen molar-refractivity contribution < 1.29 is 9.42 Å². The van der Waals surface area contributed by atoms with Gasteiger partial charge in [0, 0.05) is 13.0 Å². The van der Waals surface area contributed by atoms with Gasteiger partial charge >= 0.3 is 0 Å². The second-order valence-corrected chi connectivity index (χ2v) is 6.30. The van der Waals surface area contributed by atoms with Gasteiger partial charge in [-0.15, -0.1) is 0 Å². The number of hydrogen-bond acceptors (Lipinski definition) is 5. The molecule has 4 rings (SSSR count). The maximum Gasteiger partial charge on any atom is 0.225 e. The van der Waals surface area contributed by atoms with Gasteiger partial charge in [0.2, 0.25) is 11.7 Å². The Morgan fingerprint density at radius 3 is 2.70 bits per heavy atom. The monoisotopic (exact) mass is 361 g/mol. The third-order valence-corrected chi connectivity index (χ3v) is 4.52. The van der Waals surface area contributed by atoms with Gasteiger partial charge in [0.15, 0.2) is 11.5 Å². The van der Waals surface area contributed by atoms with E-state index in [1.165, 1.54) is 11.1 Å². The second kappa shape index (κ2) is 7.03. The second-order valence-electron chi connectivity index (χ2n) is 6.30. The minimum absolute atomic E-state index is 0.159. The molecule has 0 atom stereocenters. The Bertz CT molecular complexity index is 1110. The fourth-order valence-electron chi connectivity index (χ4n) is 3.01. The van der Waals surface area contributed by atoms with Crippen LogP contribution in [0, 0.1) is 6.92 Å². The molecule has 1 amide bonds. The first-order valence-corrected chi connectivity index (χ1v) is 8.80. The highest BCUT2D eigenvalue weighted by atomic mass is 16.6. The Labute approximate surface area is 156 Å². The molecule has 2 aromatic carbocycles. The van der Waals surface area contributed by atoms with Crippen LogP contribution < -0.4 is 5.32 Å². The van der Waals surface area contributed by atoms with Gasteiger partial charge in [-0.1, -0.05) is 43.3 Å². The molecule has 0 saturated heterocycles. The lowest BCUT2D eigenvalue weighted by Gasteiger charge is -2.11. The van der Waals surface area contributed by atoms with Crippen LogP contribution in [-0.2, 0) is 11.3 Å². The van der Waals surface area contributed by atoms with Crippen molar-refractivity contribution in [1.29, 1.82) is 0 Å². The molecule has 0 saturated carbocycles. The van der Waals surface area contributed by atoms with Crippen LogP contribution in [0.3, 0.4) is 0 Å². The van der Waals surface area contributed by atoms with E-state index in [9.17, 15) is 4.79 Å². The molecule has 7 heteroatoms. The number of carbonyl (C=O) groups excluding carboxylic acids is 1. The molecule has 0 spiro atoms. The van der Waals surface area contributed by atoms with Gasteiger partial charge < -0.3 is 9.88 Å². The van der Waals surface area contributed by atoms with Gasteiger partial charge in [-0.05, 0) is 40.5 Å². The summed E-state index contributed by atoms with van der Waals surface area (Å²) < 4.78 is 6.97. The van der Waals surface area contributed by atoms with Crippen molar-refractivity contribution in [2.24, 2.45) is 0 Å². The Kier molecular flexibility index (Phi) is 4.42. The average Bonchev–Trinajstić information content (AvgIpc) is 3.28. The number of imidazole rings is 1. The third kappa shape index (κ3) is 3.19. The van der Waals surface area contributed by atoms with E-state index in [2.05, 4.69) is 39.3 Å². The van der Waals surface area contributed by atoms with Gasteiger partial charge in [-0.2, -0.15) is 0 Å². The highest BCUT2D eigenvalue weighted by molar-refractivity contribution is 5.93. The number of aryl methyl sites for hydroxylation is 1. The summed E-state index contributed by atoms with van der Waals surface area (Å²) >= 11 is 0. The van der Waals surface area contributed by atoms with Crippen molar-refractivity contribution in [3.63, 3.8) is 0 Å². The zero-order chi connectivity index (χ0) is 18.8. The number of para-hydroxylation sites is 2. The van der Waals surface area contributed by atoms with Crippen LogP contribution in [0.2, 0.25) is 0 Å². The van der Waals surface area contributed by atoms with Crippen molar-refractivity contribution in [3.8, 4) is 11.5 Å². The molecule has 0 aliphatic rings. The molecule has 1 N–H and O–H groups in total. The predicted octanol–water partition coefficient (Wildman–Crippen LogP) is 3.79. The number of anilines is 1. The number of nitrogens with zero attached hydrogens (tertiary/aromatic N) is 4. The van der Waals surface area contributed by atoms with Crippen LogP contribution in [0.5, 0.6) is 0 Å². The van der Waals surface area contributed by atoms with Gasteiger partial charge in [0.25, 0.3) is 0 Å². The zero-order valence-corrected chi connectivity index (χ0v) is 15.1. The SMILES string of the molecule is CCC(=O)Nc1nonc1-c1nc2ccccc2n1Cc1ccccc1C. The first kappa shape index (κ1) is 17.0. The lowest BCUT2D eigenvalue weighted by atomic mass is 10.1. The van der Waals surface area contributed by atoms with Crippen LogP contribution in [-0.4, -0.2) is 25.8 Å². The van der Waals surface area contributed by atoms with E-state index >= 15 is 0 Å². The van der Waals surface area contributed by atoms with Crippen LogP contribution in [0.25, 0.3) is 22.6 Å². The summed E-state index contributed by atoms with van der Waals surface area (Å²) in [7, 11) is 0. The number of aromatic nitrogens is 4. The summed E-state index contributed by atoms with van der Waals surface area (Å²) in [6, 6.07) is 16.1. The molecule has 0 bridgehead atoms. The molecule has 2 heterocycles. The molecule has 0 aliphatic carbocycles. The van der Waals surface area contributed by atoms with E-state index in [1.54, 1.807) is 6.92 Å². The molecular formula is C20H19N5O2. The van der Waals surface area contributed by atoms with E-state index in [1.807, 2.05) is 36.4 Å². The van der Waals surface area contributed by atoms with Crippen LogP contribution in [0.4, 0.5) is 5.82 Å². The van der Waals surface area contributed by atoms with Crippen LogP contribution in [0.1, 0.15) is 24.5 Å². The fourth-order valence-corrected chi connectivity index (χ4v) is 3.01. The molecule has 0 radical (unpaired) electrons. The predicted molar refractivity (Wildman–Crippen MR) is 102 cm³/mol. The number of rotatable bonds is 5.